The fourth-order valence-electron chi connectivity index (χ4n) is 2.08. The van der Waals surface area contributed by atoms with Gasteiger partial charge in [0.15, 0.2) is 0 Å². The number of ether oxygens (including phenoxy) is 1. The minimum Gasteiger partial charge on any atom is -0.375 e. The van der Waals surface area contributed by atoms with Gasteiger partial charge in [0.2, 0.25) is 5.91 Å². The number of nitrogens with one attached hydrogen (secondary N) is 2. The van der Waals surface area contributed by atoms with Gasteiger partial charge in [0.1, 0.15) is 6.61 Å². The van der Waals surface area contributed by atoms with Crippen molar-refractivity contribution in [1.82, 2.24) is 10.6 Å². The molecule has 4 nitrogen and oxygen atoms in total. The lowest BCUT2D eigenvalue weighted by Crippen LogP contribution is -2.24. The maximum Gasteiger partial charge on any atom is 0.261 e. The average Bonchev–Trinajstić information content (AvgIpc) is 2.88. The molecule has 0 atom stereocenters. The van der Waals surface area contributed by atoms with Crippen LogP contribution in [0.3, 0.4) is 0 Å². The van der Waals surface area contributed by atoms with E-state index >= 15 is 0 Å². The van der Waals surface area contributed by atoms with E-state index in [0.717, 1.165) is 18.7 Å². The molecule has 1 amide bonds. The van der Waals surface area contributed by atoms with Crippen molar-refractivity contribution in [2.45, 2.75) is 32.5 Å². The van der Waals surface area contributed by atoms with Crippen LogP contribution in [0, 0.1) is 0 Å². The minimum absolute atomic E-state index is 0. The molecule has 2 rings (SSSR count). The molecule has 0 saturated heterocycles. The van der Waals surface area contributed by atoms with Gasteiger partial charge in [-0.1, -0.05) is 18.2 Å². The smallest absolute Gasteiger partial charge is 0.261 e. The van der Waals surface area contributed by atoms with Gasteiger partial charge in [0, 0.05) is 26.1 Å². The molecule has 0 spiro atoms. The highest BCUT2D eigenvalue weighted by atomic mass is 35.5. The fourth-order valence-corrected chi connectivity index (χ4v) is 2.08. The molecule has 21 heavy (non-hydrogen) atoms. The fraction of sp³-hybridized carbons (Fsp3) is 0.500. The van der Waals surface area contributed by atoms with E-state index in [9.17, 15) is 13.6 Å². The van der Waals surface area contributed by atoms with Crippen molar-refractivity contribution in [3.63, 3.8) is 0 Å². The molecule has 0 saturated carbocycles. The summed E-state index contributed by atoms with van der Waals surface area (Å²) in [5, 5.41) is 6.01. The number of halogens is 3. The van der Waals surface area contributed by atoms with Crippen LogP contribution in [0.4, 0.5) is 8.78 Å². The van der Waals surface area contributed by atoms with Crippen molar-refractivity contribution in [2.75, 3.05) is 13.2 Å². The highest BCUT2D eigenvalue weighted by molar-refractivity contribution is 5.85. The van der Waals surface area contributed by atoms with Crippen LogP contribution in [0.5, 0.6) is 0 Å². The van der Waals surface area contributed by atoms with E-state index in [0.29, 0.717) is 6.54 Å². The third-order valence-electron chi connectivity index (χ3n) is 3.11. The van der Waals surface area contributed by atoms with Gasteiger partial charge >= 0.3 is 0 Å². The Morgan fingerprint density at radius 3 is 2.86 bits per heavy atom. The van der Waals surface area contributed by atoms with Crippen molar-refractivity contribution < 1.29 is 18.3 Å². The molecule has 0 aliphatic carbocycles. The number of carbonyl (C=O) groups excluding carboxylic acids is 1. The summed E-state index contributed by atoms with van der Waals surface area (Å²) in [6.45, 7) is 1.60. The zero-order valence-corrected chi connectivity index (χ0v) is 12.3. The number of fused-ring (bicyclic) bond motifs is 1. The van der Waals surface area contributed by atoms with Crippen molar-refractivity contribution in [3.05, 3.63) is 34.9 Å². The van der Waals surface area contributed by atoms with E-state index in [4.69, 9.17) is 0 Å². The number of benzene rings is 1. The SMILES string of the molecule is Cl.O=C(CCOCC(F)F)NCc1ccc2c(c1)CNC2. The molecule has 0 unspecified atom stereocenters. The lowest BCUT2D eigenvalue weighted by Gasteiger charge is -2.07. The van der Waals surface area contributed by atoms with Crippen LogP contribution >= 0.6 is 12.4 Å². The molecule has 1 aliphatic rings. The highest BCUT2D eigenvalue weighted by Gasteiger charge is 2.10. The largest absolute Gasteiger partial charge is 0.375 e. The second-order valence-corrected chi connectivity index (χ2v) is 4.70. The Balaban J connectivity index is 0.00000220. The van der Waals surface area contributed by atoms with Gasteiger partial charge in [0.05, 0.1) is 6.61 Å². The highest BCUT2D eigenvalue weighted by Crippen LogP contribution is 2.16. The second-order valence-electron chi connectivity index (χ2n) is 4.70. The third-order valence-corrected chi connectivity index (χ3v) is 3.11. The van der Waals surface area contributed by atoms with Crippen LogP contribution in [-0.2, 0) is 29.2 Å². The molecule has 118 valence electrons. The lowest BCUT2D eigenvalue weighted by atomic mass is 10.1. The molecule has 1 aromatic carbocycles. The first-order valence-electron chi connectivity index (χ1n) is 6.59. The van der Waals surface area contributed by atoms with Crippen LogP contribution in [-0.4, -0.2) is 25.5 Å². The Morgan fingerprint density at radius 2 is 2.10 bits per heavy atom. The van der Waals surface area contributed by atoms with Gasteiger partial charge < -0.3 is 15.4 Å². The maximum atomic E-state index is 11.8. The van der Waals surface area contributed by atoms with Crippen LogP contribution in [0.15, 0.2) is 18.2 Å². The van der Waals surface area contributed by atoms with Crippen molar-refractivity contribution in [2.24, 2.45) is 0 Å². The van der Waals surface area contributed by atoms with E-state index in [-0.39, 0.29) is 31.3 Å². The molecule has 1 aliphatic heterocycles. The first-order chi connectivity index (χ1) is 9.65. The van der Waals surface area contributed by atoms with Gasteiger partial charge in [-0.3, -0.25) is 4.79 Å². The predicted octanol–water partition coefficient (Wildman–Crippen LogP) is 2.00. The molecular weight excluding hydrogens is 302 g/mol. The Morgan fingerprint density at radius 1 is 1.33 bits per heavy atom. The van der Waals surface area contributed by atoms with Crippen molar-refractivity contribution in [1.29, 1.82) is 0 Å². The monoisotopic (exact) mass is 320 g/mol. The van der Waals surface area contributed by atoms with E-state index in [1.807, 2.05) is 6.07 Å². The lowest BCUT2D eigenvalue weighted by molar-refractivity contribution is -0.122. The number of hydrogen-bond acceptors (Lipinski definition) is 3. The predicted molar refractivity (Wildman–Crippen MR) is 77.5 cm³/mol. The Kier molecular flexibility index (Phi) is 7.56. The zero-order valence-electron chi connectivity index (χ0n) is 11.5. The van der Waals surface area contributed by atoms with Crippen LogP contribution in [0.1, 0.15) is 23.1 Å². The molecule has 0 bridgehead atoms. The molecule has 0 fully saturated rings. The van der Waals surface area contributed by atoms with E-state index in [1.54, 1.807) is 0 Å². The summed E-state index contributed by atoms with van der Waals surface area (Å²) in [5.74, 6) is -0.196. The Hall–Kier alpha value is -1.24. The van der Waals surface area contributed by atoms with Gasteiger partial charge in [0.25, 0.3) is 6.43 Å². The minimum atomic E-state index is -2.49. The Labute approximate surface area is 128 Å². The second kappa shape index (κ2) is 8.92. The summed E-state index contributed by atoms with van der Waals surface area (Å²) in [4.78, 5) is 11.5. The van der Waals surface area contributed by atoms with E-state index < -0.39 is 13.0 Å². The molecule has 1 aromatic rings. The molecular formula is C14H19ClF2N2O2. The first-order valence-corrected chi connectivity index (χ1v) is 6.59. The van der Waals surface area contributed by atoms with Gasteiger partial charge in [-0.2, -0.15) is 0 Å². The Bertz CT molecular complexity index is 472. The van der Waals surface area contributed by atoms with E-state index in [1.165, 1.54) is 11.1 Å². The molecule has 0 radical (unpaired) electrons. The van der Waals surface area contributed by atoms with Crippen LogP contribution < -0.4 is 10.6 Å². The summed E-state index contributed by atoms with van der Waals surface area (Å²) in [5.41, 5.74) is 3.59. The topological polar surface area (TPSA) is 50.4 Å². The summed E-state index contributed by atoms with van der Waals surface area (Å²) >= 11 is 0. The van der Waals surface area contributed by atoms with Crippen LogP contribution in [0.2, 0.25) is 0 Å². The standard InChI is InChI=1S/C14H18F2N2O2.ClH/c15-13(16)9-20-4-3-14(19)18-6-10-1-2-11-7-17-8-12(11)5-10;/h1-2,5,13,17H,3-4,6-9H2,(H,18,19);1H. The number of amides is 1. The number of rotatable bonds is 7. The quantitative estimate of drug-likeness (QED) is 0.756. The number of hydrogen-bond donors (Lipinski definition) is 2. The van der Waals surface area contributed by atoms with Gasteiger partial charge in [-0.15, -0.1) is 12.4 Å². The summed E-state index contributed by atoms with van der Waals surface area (Å²) in [6, 6.07) is 6.12. The van der Waals surface area contributed by atoms with Crippen LogP contribution in [0.25, 0.3) is 0 Å². The zero-order chi connectivity index (χ0) is 14.4. The molecule has 1 heterocycles. The van der Waals surface area contributed by atoms with Crippen molar-refractivity contribution >= 4 is 18.3 Å². The first kappa shape index (κ1) is 17.8. The molecule has 2 N–H and O–H groups in total. The molecule has 0 aromatic heterocycles. The summed E-state index contributed by atoms with van der Waals surface area (Å²) in [7, 11) is 0. The maximum absolute atomic E-state index is 11.8. The third kappa shape index (κ3) is 5.95. The number of carbonyl (C=O) groups is 1. The summed E-state index contributed by atoms with van der Waals surface area (Å²) in [6.07, 6.45) is -2.39. The van der Waals surface area contributed by atoms with Gasteiger partial charge in [-0.05, 0) is 16.7 Å². The van der Waals surface area contributed by atoms with Crippen molar-refractivity contribution in [3.8, 4) is 0 Å². The van der Waals surface area contributed by atoms with Gasteiger partial charge in [-0.25, -0.2) is 8.78 Å². The normalized spacial score (nSPS) is 12.9. The average molecular weight is 321 g/mol. The van der Waals surface area contributed by atoms with E-state index in [2.05, 4.69) is 27.5 Å². The molecule has 7 heteroatoms. The number of alkyl halides is 2. The summed E-state index contributed by atoms with van der Waals surface area (Å²) < 4.78 is 28.3.